The Balaban J connectivity index is 1.85. The van der Waals surface area contributed by atoms with Crippen LogP contribution in [0.3, 0.4) is 0 Å². The summed E-state index contributed by atoms with van der Waals surface area (Å²) in [5.41, 5.74) is 13.5. The maximum Gasteiger partial charge on any atom is 0.343 e. The highest BCUT2D eigenvalue weighted by Crippen LogP contribution is 2.30. The molecule has 1 aromatic carbocycles. The van der Waals surface area contributed by atoms with Gasteiger partial charge in [-0.3, -0.25) is 0 Å². The molecule has 0 bridgehead atoms. The number of nitrogens with two attached hydrogens (primary N) is 2. The molecular formula is C18H19N7O5. The molecule has 0 fully saturated rings. The number of fused-ring (bicyclic) bond motifs is 1. The Morgan fingerprint density at radius 3 is 2.67 bits per heavy atom. The summed E-state index contributed by atoms with van der Waals surface area (Å²) in [6.07, 6.45) is 1.51. The molecule has 6 N–H and O–H groups in total. The van der Waals surface area contributed by atoms with Gasteiger partial charge in [-0.2, -0.15) is 9.97 Å². The first-order chi connectivity index (χ1) is 14.3. The van der Waals surface area contributed by atoms with Crippen LogP contribution >= 0.6 is 0 Å². The number of aromatic nitrogens is 4. The molecule has 2 heterocycles. The predicted octanol–water partition coefficient (Wildman–Crippen LogP) is 0.755. The van der Waals surface area contributed by atoms with E-state index < -0.39 is 18.5 Å². The number of methoxy groups -OCH3 is 1. The fourth-order valence-corrected chi connectivity index (χ4v) is 2.68. The largest absolute Gasteiger partial charge is 0.481 e. The van der Waals surface area contributed by atoms with Crippen molar-refractivity contribution < 1.29 is 24.2 Å². The van der Waals surface area contributed by atoms with E-state index in [2.05, 4.69) is 30.0 Å². The predicted molar refractivity (Wildman–Crippen MR) is 107 cm³/mol. The van der Waals surface area contributed by atoms with Gasteiger partial charge < -0.3 is 31.4 Å². The Morgan fingerprint density at radius 2 is 1.97 bits per heavy atom. The fourth-order valence-electron chi connectivity index (χ4n) is 2.68. The van der Waals surface area contributed by atoms with Crippen molar-refractivity contribution in [3.05, 3.63) is 35.2 Å². The van der Waals surface area contributed by atoms with Gasteiger partial charge in [0.25, 0.3) is 0 Å². The highest BCUT2D eigenvalue weighted by atomic mass is 16.6. The zero-order valence-electron chi connectivity index (χ0n) is 16.2. The lowest BCUT2D eigenvalue weighted by Crippen LogP contribution is -2.16. The van der Waals surface area contributed by atoms with Crippen LogP contribution in [-0.4, -0.2) is 50.7 Å². The third-order valence-electron chi connectivity index (χ3n) is 4.16. The highest BCUT2D eigenvalue weighted by molar-refractivity contribution is 5.92. The fraction of sp³-hybridized carbons (Fsp3) is 0.222. The Kier molecular flexibility index (Phi) is 5.76. The third-order valence-corrected chi connectivity index (χ3v) is 4.16. The Labute approximate surface area is 170 Å². The maximum absolute atomic E-state index is 11.5. The standard InChI is InChI=1S/C18H19N7O5/c1-8-11(4-3-10(17(27)28)14(8)30-7-12(26)29-2)21-5-9-6-22-16-13(23-9)15(19)24-18(20)25-16/h3-4,6,21H,5,7H2,1-2H3,(H,27,28)(H4,19,20,22,24,25). The summed E-state index contributed by atoms with van der Waals surface area (Å²) in [5.74, 6) is -1.62. The molecule has 12 heteroatoms. The quantitative estimate of drug-likeness (QED) is 0.398. The average Bonchev–Trinajstić information content (AvgIpc) is 2.71. The molecule has 0 unspecified atom stereocenters. The summed E-state index contributed by atoms with van der Waals surface area (Å²) in [6, 6.07) is 2.97. The van der Waals surface area contributed by atoms with Crippen LogP contribution < -0.4 is 21.5 Å². The highest BCUT2D eigenvalue weighted by Gasteiger charge is 2.18. The topological polar surface area (TPSA) is 188 Å². The van der Waals surface area contributed by atoms with Crippen molar-refractivity contribution in [2.45, 2.75) is 13.5 Å². The molecule has 3 rings (SSSR count). The van der Waals surface area contributed by atoms with Gasteiger partial charge in [0.05, 0.1) is 25.5 Å². The molecule has 0 spiro atoms. The summed E-state index contributed by atoms with van der Waals surface area (Å²) < 4.78 is 9.92. The summed E-state index contributed by atoms with van der Waals surface area (Å²) in [4.78, 5) is 39.3. The van der Waals surface area contributed by atoms with E-state index in [-0.39, 0.29) is 35.3 Å². The summed E-state index contributed by atoms with van der Waals surface area (Å²) >= 11 is 0. The van der Waals surface area contributed by atoms with Gasteiger partial charge in [-0.1, -0.05) is 0 Å². The van der Waals surface area contributed by atoms with Crippen molar-refractivity contribution in [2.24, 2.45) is 0 Å². The number of esters is 1. The minimum atomic E-state index is -1.18. The molecule has 3 aromatic rings. The lowest BCUT2D eigenvalue weighted by molar-refractivity contribution is -0.142. The van der Waals surface area contributed by atoms with E-state index >= 15 is 0 Å². The molecule has 0 aliphatic heterocycles. The zero-order valence-corrected chi connectivity index (χ0v) is 16.2. The van der Waals surface area contributed by atoms with E-state index in [1.54, 1.807) is 13.0 Å². The van der Waals surface area contributed by atoms with Crippen molar-refractivity contribution in [2.75, 3.05) is 30.5 Å². The number of carbonyl (C=O) groups excluding carboxylic acids is 1. The number of carboxylic acids is 1. The van der Waals surface area contributed by atoms with Crippen molar-refractivity contribution >= 4 is 40.6 Å². The van der Waals surface area contributed by atoms with Crippen LogP contribution in [0, 0.1) is 6.92 Å². The van der Waals surface area contributed by atoms with Crippen LogP contribution in [-0.2, 0) is 16.1 Å². The van der Waals surface area contributed by atoms with Crippen molar-refractivity contribution in [3.63, 3.8) is 0 Å². The van der Waals surface area contributed by atoms with Crippen LogP contribution in [0.5, 0.6) is 5.75 Å². The second kappa shape index (κ2) is 8.43. The first kappa shape index (κ1) is 20.5. The Morgan fingerprint density at radius 1 is 1.20 bits per heavy atom. The normalized spacial score (nSPS) is 10.6. The summed E-state index contributed by atoms with van der Waals surface area (Å²) in [6.45, 7) is 1.50. The van der Waals surface area contributed by atoms with Gasteiger partial charge in [-0.05, 0) is 19.1 Å². The number of nitrogen functional groups attached to an aromatic ring is 2. The van der Waals surface area contributed by atoms with E-state index in [0.29, 0.717) is 22.5 Å². The van der Waals surface area contributed by atoms with Crippen LogP contribution in [0.4, 0.5) is 17.5 Å². The van der Waals surface area contributed by atoms with E-state index in [1.165, 1.54) is 19.4 Å². The van der Waals surface area contributed by atoms with Gasteiger partial charge in [0.2, 0.25) is 5.95 Å². The molecule has 12 nitrogen and oxygen atoms in total. The van der Waals surface area contributed by atoms with Crippen molar-refractivity contribution in [1.82, 2.24) is 19.9 Å². The van der Waals surface area contributed by atoms with Gasteiger partial charge in [0.1, 0.15) is 11.3 Å². The molecular weight excluding hydrogens is 394 g/mol. The first-order valence-electron chi connectivity index (χ1n) is 8.65. The lowest BCUT2D eigenvalue weighted by Gasteiger charge is -2.16. The summed E-state index contributed by atoms with van der Waals surface area (Å²) in [7, 11) is 1.21. The van der Waals surface area contributed by atoms with Gasteiger partial charge in [0, 0.05) is 11.3 Å². The molecule has 30 heavy (non-hydrogen) atoms. The van der Waals surface area contributed by atoms with E-state index in [0.717, 1.165) is 0 Å². The number of rotatable bonds is 7. The molecule has 156 valence electrons. The zero-order chi connectivity index (χ0) is 21.8. The molecule has 0 aliphatic carbocycles. The number of nitrogens with zero attached hydrogens (tertiary/aromatic N) is 4. The number of benzene rings is 1. The number of hydrogen-bond donors (Lipinski definition) is 4. The van der Waals surface area contributed by atoms with Crippen LogP contribution in [0.25, 0.3) is 11.2 Å². The maximum atomic E-state index is 11.5. The van der Waals surface area contributed by atoms with E-state index in [4.69, 9.17) is 16.2 Å². The van der Waals surface area contributed by atoms with Crippen molar-refractivity contribution in [3.8, 4) is 5.75 Å². The molecule has 0 amide bonds. The Hall–Kier alpha value is -4.22. The monoisotopic (exact) mass is 413 g/mol. The lowest BCUT2D eigenvalue weighted by atomic mass is 10.1. The van der Waals surface area contributed by atoms with Crippen molar-refractivity contribution in [1.29, 1.82) is 0 Å². The second-order valence-corrected chi connectivity index (χ2v) is 6.14. The van der Waals surface area contributed by atoms with Gasteiger partial charge in [-0.25, -0.2) is 19.6 Å². The number of carbonyl (C=O) groups is 2. The van der Waals surface area contributed by atoms with Crippen LogP contribution in [0.15, 0.2) is 18.3 Å². The number of ether oxygens (including phenoxy) is 2. The van der Waals surface area contributed by atoms with Crippen LogP contribution in [0.2, 0.25) is 0 Å². The minimum Gasteiger partial charge on any atom is -0.481 e. The number of nitrogens with one attached hydrogen (secondary N) is 1. The summed E-state index contributed by atoms with van der Waals surface area (Å²) in [5, 5.41) is 12.5. The van der Waals surface area contributed by atoms with Crippen LogP contribution in [0.1, 0.15) is 21.6 Å². The Bertz CT molecular complexity index is 1140. The number of hydrogen-bond acceptors (Lipinski definition) is 11. The van der Waals surface area contributed by atoms with E-state index in [9.17, 15) is 14.7 Å². The molecule has 2 aromatic heterocycles. The number of anilines is 3. The van der Waals surface area contributed by atoms with E-state index in [1.807, 2.05) is 0 Å². The smallest absolute Gasteiger partial charge is 0.343 e. The SMILES string of the molecule is COC(=O)COc1c(C(=O)O)ccc(NCc2cnc3nc(N)nc(N)c3n2)c1C. The minimum absolute atomic E-state index is 0.00815. The molecule has 0 aliphatic rings. The van der Waals surface area contributed by atoms with Gasteiger partial charge >= 0.3 is 11.9 Å². The third kappa shape index (κ3) is 4.27. The first-order valence-corrected chi connectivity index (χ1v) is 8.65. The average molecular weight is 413 g/mol. The van der Waals surface area contributed by atoms with Gasteiger partial charge in [-0.15, -0.1) is 0 Å². The molecule has 0 saturated carbocycles. The molecule has 0 atom stereocenters. The molecule has 0 radical (unpaired) electrons. The van der Waals surface area contributed by atoms with Gasteiger partial charge in [0.15, 0.2) is 23.6 Å². The number of aromatic carboxylic acids is 1. The second-order valence-electron chi connectivity index (χ2n) is 6.14. The number of carboxylic acid groups (broad SMARTS) is 1. The molecule has 0 saturated heterocycles.